The number of phenolic OH excluding ortho intramolecular Hbond substituents is 1. The topological polar surface area (TPSA) is 126 Å². The van der Waals surface area contributed by atoms with Crippen molar-refractivity contribution in [3.8, 4) is 5.75 Å². The smallest absolute Gasteiger partial charge is 0.190 e. The first kappa shape index (κ1) is 34.7. The van der Waals surface area contributed by atoms with E-state index in [4.69, 9.17) is 0 Å². The Kier molecular flexibility index (Phi) is 8.88. The monoisotopic (exact) mass is 634 g/mol. The second kappa shape index (κ2) is 11.8. The molecule has 0 bridgehead atoms. The van der Waals surface area contributed by atoms with E-state index in [9.17, 15) is 34.2 Å². The Hall–Kier alpha value is -2.67. The van der Waals surface area contributed by atoms with Crippen molar-refractivity contribution in [2.24, 2.45) is 52.3 Å². The van der Waals surface area contributed by atoms with Crippen LogP contribution in [0.15, 0.2) is 12.1 Å². The van der Waals surface area contributed by atoms with E-state index in [1.807, 2.05) is 32.9 Å². The van der Waals surface area contributed by atoms with Gasteiger partial charge in [0.1, 0.15) is 17.5 Å². The first-order valence-corrected chi connectivity index (χ1v) is 17.7. The van der Waals surface area contributed by atoms with Crippen LogP contribution in [0.4, 0.5) is 0 Å². The SMILES string of the molecule is CCCCC(c1ccc2c(c1O)C(=O)C1C(=O)[C@@]3(O)C(=O)C(C(C)=O)C(=O)C(C(C)C)[C@@]3(C)[C@H](C)[C@@]1(C)[C@@H]2C)C1CCC(C)CC1. The van der Waals surface area contributed by atoms with E-state index < -0.39 is 74.9 Å². The largest absolute Gasteiger partial charge is 0.507 e. The van der Waals surface area contributed by atoms with E-state index in [0.717, 1.165) is 57.4 Å². The van der Waals surface area contributed by atoms with Gasteiger partial charge in [0.05, 0.1) is 11.5 Å². The van der Waals surface area contributed by atoms with Crippen LogP contribution in [0, 0.1) is 52.3 Å². The number of unbranched alkanes of at least 4 members (excludes halogenated alkanes) is 1. The molecule has 7 heteroatoms. The quantitative estimate of drug-likeness (QED) is 0.309. The molecule has 5 rings (SSSR count). The minimum Gasteiger partial charge on any atom is -0.507 e. The van der Waals surface area contributed by atoms with Gasteiger partial charge >= 0.3 is 0 Å². The normalized spacial score (nSPS) is 39.9. The van der Waals surface area contributed by atoms with E-state index in [1.165, 1.54) is 0 Å². The number of Topliss-reactive ketones (excluding diaryl/α,β-unsaturated/α-hetero) is 5. The Morgan fingerprint density at radius 1 is 0.978 bits per heavy atom. The zero-order chi connectivity index (χ0) is 34.3. The molecule has 9 atom stereocenters. The summed E-state index contributed by atoms with van der Waals surface area (Å²) in [5, 5.41) is 24.5. The molecule has 0 radical (unpaired) electrons. The summed E-state index contributed by atoms with van der Waals surface area (Å²) < 4.78 is 0. The summed E-state index contributed by atoms with van der Waals surface area (Å²) in [6, 6.07) is 3.93. The van der Waals surface area contributed by atoms with Crippen molar-refractivity contribution in [1.29, 1.82) is 0 Å². The highest BCUT2D eigenvalue weighted by Gasteiger charge is 2.79. The van der Waals surface area contributed by atoms with E-state index in [0.29, 0.717) is 17.4 Å². The lowest BCUT2D eigenvalue weighted by Crippen LogP contribution is -2.79. The minimum atomic E-state index is -2.71. The third kappa shape index (κ3) is 4.42. The number of hydrogen-bond acceptors (Lipinski definition) is 7. The number of hydrogen-bond donors (Lipinski definition) is 2. The molecule has 4 aliphatic carbocycles. The number of phenols is 1. The van der Waals surface area contributed by atoms with Gasteiger partial charge in [-0.1, -0.05) is 93.2 Å². The van der Waals surface area contributed by atoms with Crippen LogP contribution in [0.5, 0.6) is 5.75 Å². The number of rotatable bonds is 7. The fourth-order valence-electron chi connectivity index (χ4n) is 10.9. The van der Waals surface area contributed by atoms with Crippen LogP contribution in [-0.4, -0.2) is 44.7 Å². The molecule has 0 heterocycles. The van der Waals surface area contributed by atoms with E-state index in [-0.39, 0.29) is 23.1 Å². The number of carbonyl (C=O) groups excluding carboxylic acids is 5. The standard InChI is InChI=1S/C39H54O7/c1-10-11-12-26(24-15-13-20(4)14-16-24)27-18-17-25-21(5)37(8)23(7)38(9)30(19(2)3)33(42)28(22(6)40)35(44)39(38,46)36(45)31(37)34(43)29(25)32(27)41/h17-21,23-24,26,28,30-31,41,46H,10-16H2,1-9H3/t20?,21-,23-,24?,26?,28?,30?,31?,37-,38-,39+/m1/s1. The fraction of sp³-hybridized carbons (Fsp3) is 0.718. The summed E-state index contributed by atoms with van der Waals surface area (Å²) in [6.45, 7) is 16.4. The van der Waals surface area contributed by atoms with Crippen molar-refractivity contribution in [1.82, 2.24) is 0 Å². The molecule has 0 aromatic heterocycles. The van der Waals surface area contributed by atoms with Crippen LogP contribution in [0.1, 0.15) is 141 Å². The van der Waals surface area contributed by atoms with Gasteiger partial charge in [-0.25, -0.2) is 0 Å². The molecular formula is C39H54O7. The first-order chi connectivity index (χ1) is 21.4. The van der Waals surface area contributed by atoms with Gasteiger partial charge < -0.3 is 10.2 Å². The van der Waals surface area contributed by atoms with Crippen LogP contribution in [0.2, 0.25) is 0 Å². The maximum absolute atomic E-state index is 14.8. The van der Waals surface area contributed by atoms with E-state index >= 15 is 0 Å². The zero-order valence-electron chi connectivity index (χ0n) is 29.2. The van der Waals surface area contributed by atoms with Crippen molar-refractivity contribution in [3.63, 3.8) is 0 Å². The van der Waals surface area contributed by atoms with Gasteiger partial charge in [-0.15, -0.1) is 0 Å². The predicted octanol–water partition coefficient (Wildman–Crippen LogP) is 7.00. The van der Waals surface area contributed by atoms with Crippen molar-refractivity contribution in [2.75, 3.05) is 0 Å². The summed E-state index contributed by atoms with van der Waals surface area (Å²) >= 11 is 0. The average Bonchev–Trinajstić information content (AvgIpc) is 2.98. The van der Waals surface area contributed by atoms with Crippen LogP contribution < -0.4 is 0 Å². The third-order valence-corrected chi connectivity index (χ3v) is 13.8. The van der Waals surface area contributed by atoms with Crippen LogP contribution >= 0.6 is 0 Å². The van der Waals surface area contributed by atoms with Gasteiger partial charge in [0.25, 0.3) is 0 Å². The molecule has 0 aliphatic heterocycles. The molecule has 7 nitrogen and oxygen atoms in total. The number of ketones is 5. The number of aliphatic hydroxyl groups is 1. The number of benzene rings is 1. The minimum absolute atomic E-state index is 0.0799. The lowest BCUT2D eigenvalue weighted by Gasteiger charge is -2.66. The molecule has 0 amide bonds. The Balaban J connectivity index is 1.70. The summed E-state index contributed by atoms with van der Waals surface area (Å²) in [5.41, 5.74) is -3.82. The van der Waals surface area contributed by atoms with E-state index in [1.54, 1.807) is 20.8 Å². The van der Waals surface area contributed by atoms with Gasteiger partial charge in [-0.3, -0.25) is 24.0 Å². The van der Waals surface area contributed by atoms with Gasteiger partial charge in [-0.2, -0.15) is 0 Å². The molecule has 1 aromatic rings. The summed E-state index contributed by atoms with van der Waals surface area (Å²) in [5.74, 6) is -8.45. The number of carbonyl (C=O) groups is 5. The molecule has 4 aliphatic rings. The second-order valence-electron chi connectivity index (χ2n) is 16.2. The van der Waals surface area contributed by atoms with Crippen LogP contribution in [0.3, 0.4) is 0 Å². The molecule has 4 unspecified atom stereocenters. The number of aromatic hydroxyl groups is 1. The van der Waals surface area contributed by atoms with E-state index in [2.05, 4.69) is 13.8 Å². The van der Waals surface area contributed by atoms with Crippen LogP contribution in [-0.2, 0) is 19.2 Å². The highest BCUT2D eigenvalue weighted by molar-refractivity contribution is 6.32. The van der Waals surface area contributed by atoms with Crippen LogP contribution in [0.25, 0.3) is 0 Å². The second-order valence-corrected chi connectivity index (χ2v) is 16.2. The molecule has 2 N–H and O–H groups in total. The van der Waals surface area contributed by atoms with Crippen molar-refractivity contribution < 1.29 is 34.2 Å². The number of fused-ring (bicyclic) bond motifs is 3. The average molecular weight is 635 g/mol. The van der Waals surface area contributed by atoms with Crippen molar-refractivity contribution >= 4 is 28.9 Å². The van der Waals surface area contributed by atoms with Gasteiger partial charge in [-0.05, 0) is 78.2 Å². The molecule has 3 fully saturated rings. The van der Waals surface area contributed by atoms with Gasteiger partial charge in [0.2, 0.25) is 0 Å². The fourth-order valence-corrected chi connectivity index (χ4v) is 10.9. The molecular weight excluding hydrogens is 580 g/mol. The lowest BCUT2D eigenvalue weighted by molar-refractivity contribution is -0.222. The third-order valence-electron chi connectivity index (χ3n) is 13.8. The van der Waals surface area contributed by atoms with Gasteiger partial charge in [0, 0.05) is 11.3 Å². The lowest BCUT2D eigenvalue weighted by atomic mass is 9.35. The maximum atomic E-state index is 14.8. The highest BCUT2D eigenvalue weighted by atomic mass is 16.3. The zero-order valence-corrected chi connectivity index (χ0v) is 29.2. The summed E-state index contributed by atoms with van der Waals surface area (Å²) in [7, 11) is 0. The Morgan fingerprint density at radius 2 is 1.59 bits per heavy atom. The maximum Gasteiger partial charge on any atom is 0.190 e. The molecule has 1 aromatic carbocycles. The van der Waals surface area contributed by atoms with Crippen molar-refractivity contribution in [3.05, 3.63) is 28.8 Å². The molecule has 0 saturated heterocycles. The molecule has 0 spiro atoms. The Morgan fingerprint density at radius 3 is 2.13 bits per heavy atom. The summed E-state index contributed by atoms with van der Waals surface area (Å²) in [4.78, 5) is 70.3. The van der Waals surface area contributed by atoms with Gasteiger partial charge in [0.15, 0.2) is 28.7 Å². The molecule has 252 valence electrons. The Bertz CT molecular complexity index is 1470. The first-order valence-electron chi connectivity index (χ1n) is 17.7. The van der Waals surface area contributed by atoms with Crippen molar-refractivity contribution in [2.45, 2.75) is 125 Å². The summed E-state index contributed by atoms with van der Waals surface area (Å²) in [6.07, 6.45) is 7.30. The molecule has 46 heavy (non-hydrogen) atoms. The highest BCUT2D eigenvalue weighted by Crippen LogP contribution is 2.69. The predicted molar refractivity (Wildman–Crippen MR) is 176 cm³/mol. The Labute approximate surface area is 274 Å². The molecule has 3 saturated carbocycles.